The van der Waals surface area contributed by atoms with Crippen LogP contribution in [0.2, 0.25) is 0 Å². The summed E-state index contributed by atoms with van der Waals surface area (Å²) in [6.45, 7) is 2.45. The Morgan fingerprint density at radius 3 is 2.42 bits per heavy atom. The Kier molecular flexibility index (Phi) is 5.11. The van der Waals surface area contributed by atoms with Crippen LogP contribution in [-0.4, -0.2) is 32.6 Å². The summed E-state index contributed by atoms with van der Waals surface area (Å²) in [6, 6.07) is 10.7. The first-order valence-corrected chi connectivity index (χ1v) is 8.54. The Morgan fingerprint density at radius 2 is 1.81 bits per heavy atom. The summed E-state index contributed by atoms with van der Waals surface area (Å²) in [5.74, 6) is 1.04. The number of methoxy groups -OCH3 is 2. The van der Waals surface area contributed by atoms with Gasteiger partial charge in [-0.3, -0.25) is 9.59 Å². The van der Waals surface area contributed by atoms with E-state index in [9.17, 15) is 9.59 Å². The minimum Gasteiger partial charge on any atom is -0.497 e. The fourth-order valence-electron chi connectivity index (χ4n) is 3.17. The van der Waals surface area contributed by atoms with E-state index in [4.69, 9.17) is 9.47 Å². The molecule has 26 heavy (non-hydrogen) atoms. The predicted octanol–water partition coefficient (Wildman–Crippen LogP) is 3.26. The van der Waals surface area contributed by atoms with Gasteiger partial charge >= 0.3 is 0 Å². The van der Waals surface area contributed by atoms with E-state index in [1.54, 1.807) is 49.5 Å². The molecule has 1 N–H and O–H groups in total. The van der Waals surface area contributed by atoms with Crippen LogP contribution in [-0.2, 0) is 11.2 Å². The van der Waals surface area contributed by atoms with E-state index in [1.807, 2.05) is 13.0 Å². The van der Waals surface area contributed by atoms with Gasteiger partial charge in [-0.05, 0) is 24.1 Å². The topological polar surface area (TPSA) is 67.9 Å². The molecular formula is C20H22N2O4. The molecule has 0 atom stereocenters. The van der Waals surface area contributed by atoms with Gasteiger partial charge in [0.05, 0.1) is 14.2 Å². The van der Waals surface area contributed by atoms with Gasteiger partial charge in [0.25, 0.3) is 5.91 Å². The highest BCUT2D eigenvalue weighted by atomic mass is 16.5. The zero-order valence-corrected chi connectivity index (χ0v) is 15.2. The summed E-state index contributed by atoms with van der Waals surface area (Å²) in [6.07, 6.45) is 1.12. The number of fused-ring (bicyclic) bond motifs is 1. The number of nitrogens with zero attached hydrogens (tertiary/aromatic N) is 1. The highest BCUT2D eigenvalue weighted by Gasteiger charge is 2.27. The van der Waals surface area contributed by atoms with E-state index in [1.165, 1.54) is 0 Å². The molecule has 0 bridgehead atoms. The highest BCUT2D eigenvalue weighted by molar-refractivity contribution is 6.08. The predicted molar refractivity (Wildman–Crippen MR) is 100 cm³/mol. The molecule has 0 unspecified atom stereocenters. The summed E-state index contributed by atoms with van der Waals surface area (Å²) in [4.78, 5) is 26.7. The van der Waals surface area contributed by atoms with E-state index in [0.29, 0.717) is 42.1 Å². The normalized spacial score (nSPS) is 12.5. The van der Waals surface area contributed by atoms with Crippen LogP contribution in [0, 0.1) is 0 Å². The van der Waals surface area contributed by atoms with Crippen molar-refractivity contribution in [1.29, 1.82) is 0 Å². The summed E-state index contributed by atoms with van der Waals surface area (Å²) in [7, 11) is 3.12. The first-order chi connectivity index (χ1) is 12.6. The Balaban J connectivity index is 1.88. The molecule has 2 aromatic rings. The van der Waals surface area contributed by atoms with Crippen molar-refractivity contribution >= 4 is 23.2 Å². The maximum absolute atomic E-state index is 12.8. The number of rotatable bonds is 5. The third-order valence-electron chi connectivity index (χ3n) is 4.48. The fraction of sp³-hybridized carbons (Fsp3) is 0.300. The summed E-state index contributed by atoms with van der Waals surface area (Å²) >= 11 is 0. The zero-order chi connectivity index (χ0) is 18.7. The van der Waals surface area contributed by atoms with Crippen LogP contribution < -0.4 is 19.7 Å². The Labute approximate surface area is 152 Å². The van der Waals surface area contributed by atoms with Gasteiger partial charge in [0.2, 0.25) is 5.91 Å². The molecule has 3 rings (SSSR count). The van der Waals surface area contributed by atoms with E-state index >= 15 is 0 Å². The molecule has 6 heteroatoms. The molecule has 0 radical (unpaired) electrons. The molecule has 0 saturated heterocycles. The number of benzene rings is 2. The number of carbonyl (C=O) groups is 2. The van der Waals surface area contributed by atoms with Gasteiger partial charge in [-0.25, -0.2) is 0 Å². The van der Waals surface area contributed by atoms with Crippen LogP contribution in [0.5, 0.6) is 11.5 Å². The highest BCUT2D eigenvalue weighted by Crippen LogP contribution is 2.32. The Morgan fingerprint density at radius 1 is 1.12 bits per heavy atom. The average Bonchev–Trinajstić information content (AvgIpc) is 3.11. The van der Waals surface area contributed by atoms with Gasteiger partial charge in [-0.2, -0.15) is 0 Å². The molecule has 6 nitrogen and oxygen atoms in total. The summed E-state index contributed by atoms with van der Waals surface area (Å²) in [5, 5.41) is 2.89. The number of ether oxygens (including phenoxy) is 2. The molecule has 0 saturated carbocycles. The SMILES string of the molecule is CCC(=O)N1CCc2c(C(=O)Nc3cc(OC)cc(OC)c3)cccc21. The second-order valence-corrected chi connectivity index (χ2v) is 6.01. The van der Waals surface area contributed by atoms with E-state index < -0.39 is 0 Å². The lowest BCUT2D eigenvalue weighted by Crippen LogP contribution is -2.27. The van der Waals surface area contributed by atoms with Crippen molar-refractivity contribution in [3.63, 3.8) is 0 Å². The van der Waals surface area contributed by atoms with E-state index in [-0.39, 0.29) is 11.8 Å². The van der Waals surface area contributed by atoms with Crippen LogP contribution >= 0.6 is 0 Å². The molecule has 0 fully saturated rings. The number of hydrogen-bond acceptors (Lipinski definition) is 4. The molecular weight excluding hydrogens is 332 g/mol. The monoisotopic (exact) mass is 354 g/mol. The van der Waals surface area contributed by atoms with Crippen LogP contribution in [0.15, 0.2) is 36.4 Å². The van der Waals surface area contributed by atoms with Gasteiger partial charge in [-0.15, -0.1) is 0 Å². The Bertz CT molecular complexity index is 825. The third kappa shape index (κ3) is 3.35. The number of nitrogens with one attached hydrogen (secondary N) is 1. The lowest BCUT2D eigenvalue weighted by molar-refractivity contribution is -0.118. The maximum atomic E-state index is 12.8. The second kappa shape index (κ2) is 7.47. The lowest BCUT2D eigenvalue weighted by Gasteiger charge is -2.17. The molecule has 1 heterocycles. The van der Waals surface area contributed by atoms with Crippen molar-refractivity contribution in [2.24, 2.45) is 0 Å². The Hall–Kier alpha value is -3.02. The second-order valence-electron chi connectivity index (χ2n) is 6.01. The molecule has 136 valence electrons. The number of amides is 2. The average molecular weight is 354 g/mol. The number of anilines is 2. The van der Waals surface area contributed by atoms with Crippen LogP contribution in [0.25, 0.3) is 0 Å². The van der Waals surface area contributed by atoms with Crippen LogP contribution in [0.3, 0.4) is 0 Å². The van der Waals surface area contributed by atoms with Crippen molar-refractivity contribution in [2.45, 2.75) is 19.8 Å². The summed E-state index contributed by atoms with van der Waals surface area (Å²) < 4.78 is 10.5. The first-order valence-electron chi connectivity index (χ1n) is 8.54. The van der Waals surface area contributed by atoms with Crippen molar-refractivity contribution in [2.75, 3.05) is 31.0 Å². The molecule has 0 aromatic heterocycles. The van der Waals surface area contributed by atoms with Gasteiger partial charge in [0.15, 0.2) is 0 Å². The molecule has 1 aliphatic rings. The van der Waals surface area contributed by atoms with Crippen molar-refractivity contribution in [3.05, 3.63) is 47.5 Å². The lowest BCUT2D eigenvalue weighted by atomic mass is 10.0. The van der Waals surface area contributed by atoms with Gasteiger partial charge < -0.3 is 19.7 Å². The van der Waals surface area contributed by atoms with E-state index in [2.05, 4.69) is 5.32 Å². The standard InChI is InChI=1S/C20H22N2O4/c1-4-19(23)22-9-8-16-17(6-5-7-18(16)22)20(24)21-13-10-14(25-2)12-15(11-13)26-3/h5-7,10-12H,4,8-9H2,1-3H3,(H,21,24). The third-order valence-corrected chi connectivity index (χ3v) is 4.48. The van der Waals surface area contributed by atoms with Gasteiger partial charge in [0, 0.05) is 48.1 Å². The molecule has 1 aliphatic heterocycles. The maximum Gasteiger partial charge on any atom is 0.256 e. The van der Waals surface area contributed by atoms with Crippen molar-refractivity contribution in [1.82, 2.24) is 0 Å². The molecule has 2 amide bonds. The minimum absolute atomic E-state index is 0.0684. The fourth-order valence-corrected chi connectivity index (χ4v) is 3.17. The first kappa shape index (κ1) is 17.8. The number of hydrogen-bond donors (Lipinski definition) is 1. The van der Waals surface area contributed by atoms with E-state index in [0.717, 1.165) is 11.3 Å². The zero-order valence-electron chi connectivity index (χ0n) is 15.2. The van der Waals surface area contributed by atoms with Gasteiger partial charge in [0.1, 0.15) is 11.5 Å². The quantitative estimate of drug-likeness (QED) is 0.895. The van der Waals surface area contributed by atoms with Crippen LogP contribution in [0.1, 0.15) is 29.3 Å². The van der Waals surface area contributed by atoms with Crippen molar-refractivity contribution in [3.8, 4) is 11.5 Å². The molecule has 0 spiro atoms. The van der Waals surface area contributed by atoms with Gasteiger partial charge in [-0.1, -0.05) is 13.0 Å². The van der Waals surface area contributed by atoms with Crippen LogP contribution in [0.4, 0.5) is 11.4 Å². The molecule has 2 aromatic carbocycles. The molecule has 0 aliphatic carbocycles. The summed E-state index contributed by atoms with van der Waals surface area (Å²) in [5.41, 5.74) is 2.90. The largest absolute Gasteiger partial charge is 0.497 e. The number of carbonyl (C=O) groups excluding carboxylic acids is 2. The van der Waals surface area contributed by atoms with Crippen molar-refractivity contribution < 1.29 is 19.1 Å². The smallest absolute Gasteiger partial charge is 0.256 e. The minimum atomic E-state index is -0.219.